The summed E-state index contributed by atoms with van der Waals surface area (Å²) in [6, 6.07) is 11.8. The number of fused-ring (bicyclic) bond motifs is 1. The summed E-state index contributed by atoms with van der Waals surface area (Å²) in [6.45, 7) is 4.15. The molecule has 8 amide bonds. The fourth-order valence-corrected chi connectivity index (χ4v) is 9.06. The van der Waals surface area contributed by atoms with Crippen LogP contribution in [0.2, 0.25) is 0 Å². The van der Waals surface area contributed by atoms with Crippen LogP contribution >= 0.6 is 0 Å². The standard InChI is InChI=1S/C45H53N9O9/c1-51-18-19-53(45(51)61)30-8-3-17-52(26-30)36-25-48-39(40(46)56)34(49-36)22-27-10-12-31(13-11-27)62-21-5-16-47-41(57)29-23-32(24-29)63-20-4-7-28-6-2-9-33-38(28)44(60)54(43(33)59)35-14-15-37(55)50-42(35)58/h2,6,9-13,25,29-30,32,35H,3-5,7-8,14-24,26H2,1H3,(H2,46,56)(H,47,57)(H,50,55,58)/t29?,30-,32?,35?/m1/s1. The van der Waals surface area contributed by atoms with Crippen LogP contribution in [0.15, 0.2) is 48.7 Å². The number of carbonyl (C=O) groups is 7. The van der Waals surface area contributed by atoms with Crippen LogP contribution in [0.4, 0.5) is 10.6 Å². The Hall–Kier alpha value is -6.43. The molecule has 0 spiro atoms. The van der Waals surface area contributed by atoms with E-state index in [2.05, 4.69) is 20.5 Å². The predicted octanol–water partition coefficient (Wildman–Crippen LogP) is 2.22. The number of primary amides is 1. The summed E-state index contributed by atoms with van der Waals surface area (Å²) >= 11 is 0. The number of urea groups is 1. The number of hydrogen-bond donors (Lipinski definition) is 3. The molecule has 8 rings (SSSR count). The number of nitrogens with one attached hydrogen (secondary N) is 2. The average Bonchev–Trinajstić information content (AvgIpc) is 3.73. The second-order valence-electron chi connectivity index (χ2n) is 16.9. The first-order valence-corrected chi connectivity index (χ1v) is 21.8. The maximum Gasteiger partial charge on any atom is 0.320 e. The number of amides is 8. The van der Waals surface area contributed by atoms with Gasteiger partial charge >= 0.3 is 6.03 Å². The molecule has 18 heteroatoms. The average molecular weight is 864 g/mol. The Kier molecular flexibility index (Phi) is 13.0. The Bertz CT molecular complexity index is 2280. The molecule has 18 nitrogen and oxygen atoms in total. The van der Waals surface area contributed by atoms with Gasteiger partial charge in [0, 0.05) is 65.1 Å². The lowest BCUT2D eigenvalue weighted by atomic mass is 9.81. The first-order valence-electron chi connectivity index (χ1n) is 21.8. The van der Waals surface area contributed by atoms with Crippen LogP contribution in [0, 0.1) is 5.92 Å². The van der Waals surface area contributed by atoms with Crippen molar-refractivity contribution in [2.24, 2.45) is 11.7 Å². The van der Waals surface area contributed by atoms with E-state index >= 15 is 0 Å². The third-order valence-electron chi connectivity index (χ3n) is 12.6. The number of likely N-dealkylation sites (N-methyl/N-ethyl adjacent to an activating group) is 1. The lowest BCUT2D eigenvalue weighted by Gasteiger charge is -2.37. The van der Waals surface area contributed by atoms with Gasteiger partial charge in [-0.05, 0) is 80.7 Å². The summed E-state index contributed by atoms with van der Waals surface area (Å²) in [5, 5.41) is 5.21. The molecule has 5 heterocycles. The summed E-state index contributed by atoms with van der Waals surface area (Å²) in [4.78, 5) is 104. The highest BCUT2D eigenvalue weighted by Gasteiger charge is 2.45. The molecule has 1 aromatic heterocycles. The maximum atomic E-state index is 13.3. The molecule has 1 aliphatic carbocycles. The van der Waals surface area contributed by atoms with Crippen molar-refractivity contribution < 1.29 is 43.0 Å². The molecule has 1 unspecified atom stereocenters. The van der Waals surface area contributed by atoms with Crippen molar-refractivity contribution in [3.8, 4) is 5.75 Å². The summed E-state index contributed by atoms with van der Waals surface area (Å²) in [5.41, 5.74) is 8.47. The Morgan fingerprint density at radius 3 is 2.51 bits per heavy atom. The molecule has 2 atom stereocenters. The Balaban J connectivity index is 0.722. The molecular formula is C45H53N9O9. The quantitative estimate of drug-likeness (QED) is 0.131. The zero-order valence-corrected chi connectivity index (χ0v) is 35.4. The van der Waals surface area contributed by atoms with Crippen molar-refractivity contribution in [2.45, 2.75) is 82.4 Å². The zero-order chi connectivity index (χ0) is 44.2. The molecule has 3 saturated heterocycles. The van der Waals surface area contributed by atoms with Gasteiger partial charge in [0.25, 0.3) is 17.7 Å². The van der Waals surface area contributed by atoms with Gasteiger partial charge in [0.15, 0.2) is 0 Å². The van der Waals surface area contributed by atoms with Gasteiger partial charge in [0.1, 0.15) is 23.3 Å². The minimum atomic E-state index is -1.01. The lowest BCUT2D eigenvalue weighted by molar-refractivity contribution is -0.136. The van der Waals surface area contributed by atoms with E-state index in [0.29, 0.717) is 99.8 Å². The molecule has 4 aliphatic heterocycles. The minimum absolute atomic E-state index is 0.0140. The molecule has 4 fully saturated rings. The molecule has 0 bridgehead atoms. The van der Waals surface area contributed by atoms with Crippen LogP contribution in [0.3, 0.4) is 0 Å². The highest BCUT2D eigenvalue weighted by Crippen LogP contribution is 2.33. The number of benzene rings is 2. The number of nitrogens with two attached hydrogens (primary N) is 1. The van der Waals surface area contributed by atoms with Crippen molar-refractivity contribution in [1.82, 2.24) is 35.3 Å². The first-order chi connectivity index (χ1) is 30.4. The SMILES string of the molecule is CN1CCN([C@@H]2CCCN(c3cnc(C(N)=O)c(Cc4ccc(OCCCNC(=O)C5CC(OCCCc6cccc7c6C(=O)N(C6CCC(=O)NC6=O)C7=O)C5)cc4)n3)C2)C1=O. The van der Waals surface area contributed by atoms with Gasteiger partial charge in [0.05, 0.1) is 41.8 Å². The third-order valence-corrected chi connectivity index (χ3v) is 12.6. The number of nitrogens with zero attached hydrogens (tertiary/aromatic N) is 6. The fraction of sp³-hybridized carbons (Fsp3) is 0.489. The maximum absolute atomic E-state index is 13.3. The van der Waals surface area contributed by atoms with E-state index in [1.54, 1.807) is 29.3 Å². The molecule has 63 heavy (non-hydrogen) atoms. The van der Waals surface area contributed by atoms with Crippen molar-refractivity contribution >= 4 is 47.3 Å². The van der Waals surface area contributed by atoms with Crippen LogP contribution in [0.25, 0.3) is 0 Å². The van der Waals surface area contributed by atoms with E-state index < -0.39 is 35.6 Å². The van der Waals surface area contributed by atoms with Crippen LogP contribution in [0.1, 0.15) is 99.4 Å². The highest BCUT2D eigenvalue weighted by molar-refractivity contribution is 6.24. The van der Waals surface area contributed by atoms with E-state index in [-0.39, 0.29) is 54.1 Å². The van der Waals surface area contributed by atoms with Gasteiger partial charge in [-0.15, -0.1) is 0 Å². The first kappa shape index (κ1) is 43.2. The summed E-state index contributed by atoms with van der Waals surface area (Å²) in [6.07, 6.45) is 6.88. The highest BCUT2D eigenvalue weighted by atomic mass is 16.5. The van der Waals surface area contributed by atoms with Gasteiger partial charge in [-0.2, -0.15) is 0 Å². The Morgan fingerprint density at radius 1 is 0.952 bits per heavy atom. The van der Waals surface area contributed by atoms with E-state index in [1.807, 2.05) is 36.2 Å². The fourth-order valence-electron chi connectivity index (χ4n) is 9.06. The van der Waals surface area contributed by atoms with Gasteiger partial charge in [0.2, 0.25) is 17.7 Å². The van der Waals surface area contributed by atoms with Crippen molar-refractivity contribution in [3.05, 3.63) is 82.3 Å². The number of ether oxygens (including phenoxy) is 2. The van der Waals surface area contributed by atoms with Crippen LogP contribution in [-0.4, -0.2) is 137 Å². The number of aryl methyl sites for hydroxylation is 1. The van der Waals surface area contributed by atoms with Gasteiger partial charge in [-0.25, -0.2) is 14.8 Å². The number of aromatic nitrogens is 2. The second-order valence-corrected chi connectivity index (χ2v) is 16.9. The van der Waals surface area contributed by atoms with Crippen LogP contribution in [0.5, 0.6) is 5.75 Å². The largest absolute Gasteiger partial charge is 0.494 e. The number of piperidine rings is 2. The lowest BCUT2D eigenvalue weighted by Crippen LogP contribution is -2.54. The van der Waals surface area contributed by atoms with E-state index in [9.17, 15) is 33.6 Å². The third kappa shape index (κ3) is 9.50. The van der Waals surface area contributed by atoms with E-state index in [4.69, 9.17) is 20.2 Å². The molecular weight excluding hydrogens is 811 g/mol. The van der Waals surface area contributed by atoms with E-state index in [0.717, 1.165) is 36.4 Å². The second kappa shape index (κ2) is 18.9. The monoisotopic (exact) mass is 863 g/mol. The van der Waals surface area contributed by atoms with Crippen molar-refractivity contribution in [2.75, 3.05) is 57.9 Å². The molecule has 332 valence electrons. The van der Waals surface area contributed by atoms with Crippen molar-refractivity contribution in [3.63, 3.8) is 0 Å². The predicted molar refractivity (Wildman–Crippen MR) is 227 cm³/mol. The van der Waals surface area contributed by atoms with Crippen LogP contribution in [-0.2, 0) is 32.0 Å². The minimum Gasteiger partial charge on any atom is -0.494 e. The number of imide groups is 2. The molecule has 5 aliphatic rings. The normalized spacial score (nSPS) is 22.3. The number of rotatable bonds is 17. The number of carbonyl (C=O) groups excluding carboxylic acids is 7. The van der Waals surface area contributed by atoms with Crippen LogP contribution < -0.4 is 26.0 Å². The van der Waals surface area contributed by atoms with Gasteiger partial charge in [-0.1, -0.05) is 24.3 Å². The molecule has 4 N–H and O–H groups in total. The van der Waals surface area contributed by atoms with Crippen molar-refractivity contribution in [1.29, 1.82) is 0 Å². The summed E-state index contributed by atoms with van der Waals surface area (Å²) in [5.74, 6) is -1.55. The van der Waals surface area contributed by atoms with Gasteiger partial charge in [-0.3, -0.25) is 39.0 Å². The number of anilines is 1. The molecule has 2 aromatic carbocycles. The molecule has 1 saturated carbocycles. The summed E-state index contributed by atoms with van der Waals surface area (Å²) < 4.78 is 11.9. The Labute approximate surface area is 364 Å². The smallest absolute Gasteiger partial charge is 0.320 e. The topological polar surface area (TPSA) is 227 Å². The van der Waals surface area contributed by atoms with Gasteiger partial charge < -0.3 is 35.2 Å². The zero-order valence-electron chi connectivity index (χ0n) is 35.4. The molecule has 0 radical (unpaired) electrons. The molecule has 3 aromatic rings. The summed E-state index contributed by atoms with van der Waals surface area (Å²) in [7, 11) is 1.82. The number of hydrogen-bond acceptors (Lipinski definition) is 12. The Morgan fingerprint density at radius 2 is 1.76 bits per heavy atom. The van der Waals surface area contributed by atoms with E-state index in [1.165, 1.54) is 0 Å².